The van der Waals surface area contributed by atoms with Gasteiger partial charge in [0, 0.05) is 23.9 Å². The molecular formula is C24H28ClN5O4S. The molecule has 2 aliphatic rings. The number of amides is 1. The maximum Gasteiger partial charge on any atom is 0.276 e. The summed E-state index contributed by atoms with van der Waals surface area (Å²) in [6.45, 7) is 7.35. The van der Waals surface area contributed by atoms with Crippen molar-refractivity contribution in [3.63, 3.8) is 0 Å². The second-order valence-corrected chi connectivity index (χ2v) is 12.9. The molecule has 0 bridgehead atoms. The SMILES string of the molecule is Cc1c(C(=O)Nc2ccc3c(c2)[C@@]2(C)N=C(N)C(C)(C)S(O)(O)[C@@H]2CCO3)nc2ccc(Cl)cn12. The average molecular weight is 518 g/mol. The highest BCUT2D eigenvalue weighted by Crippen LogP contribution is 2.66. The molecule has 0 fully saturated rings. The molecule has 4 heterocycles. The molecule has 2 atom stereocenters. The number of nitrogens with zero attached hydrogens (tertiary/aromatic N) is 3. The summed E-state index contributed by atoms with van der Waals surface area (Å²) < 4.78 is 29.3. The molecule has 11 heteroatoms. The molecule has 3 aromatic rings. The molecule has 0 radical (unpaired) electrons. The maximum absolute atomic E-state index is 13.2. The first-order valence-electron chi connectivity index (χ1n) is 11.2. The van der Waals surface area contributed by atoms with Crippen molar-refractivity contribution in [3.05, 3.63) is 58.5 Å². The van der Waals surface area contributed by atoms with Gasteiger partial charge in [0.15, 0.2) is 0 Å². The van der Waals surface area contributed by atoms with Crippen LogP contribution in [0.5, 0.6) is 5.75 Å². The Kier molecular flexibility index (Phi) is 5.37. The van der Waals surface area contributed by atoms with E-state index >= 15 is 0 Å². The number of ether oxygens (including phenoxy) is 1. The van der Waals surface area contributed by atoms with E-state index in [4.69, 9.17) is 27.1 Å². The lowest BCUT2D eigenvalue weighted by Gasteiger charge is -2.58. The molecule has 1 amide bonds. The van der Waals surface area contributed by atoms with Crippen molar-refractivity contribution in [1.82, 2.24) is 9.38 Å². The number of amidine groups is 1. The molecule has 186 valence electrons. The first kappa shape index (κ1) is 23.9. The maximum atomic E-state index is 13.2. The number of aromatic nitrogens is 2. The van der Waals surface area contributed by atoms with Crippen LogP contribution in [0.3, 0.4) is 0 Å². The van der Waals surface area contributed by atoms with Crippen molar-refractivity contribution >= 4 is 45.3 Å². The van der Waals surface area contributed by atoms with E-state index in [9.17, 15) is 13.9 Å². The Morgan fingerprint density at radius 2 is 2.03 bits per heavy atom. The van der Waals surface area contributed by atoms with Gasteiger partial charge in [0.1, 0.15) is 33.2 Å². The minimum atomic E-state index is -3.19. The number of aliphatic imine (C=N–C) groups is 1. The van der Waals surface area contributed by atoms with Crippen LogP contribution in [-0.2, 0) is 5.54 Å². The Bertz CT molecular complexity index is 1400. The van der Waals surface area contributed by atoms with Crippen LogP contribution in [0.15, 0.2) is 41.5 Å². The van der Waals surface area contributed by atoms with Gasteiger partial charge >= 0.3 is 0 Å². The minimum Gasteiger partial charge on any atom is -0.493 e. The van der Waals surface area contributed by atoms with Crippen LogP contribution in [0.25, 0.3) is 5.65 Å². The zero-order valence-corrected chi connectivity index (χ0v) is 21.4. The smallest absolute Gasteiger partial charge is 0.276 e. The topological polar surface area (TPSA) is 134 Å². The fourth-order valence-corrected chi connectivity index (χ4v) is 7.38. The average Bonchev–Trinajstić information content (AvgIpc) is 3.03. The summed E-state index contributed by atoms with van der Waals surface area (Å²) >= 11 is 6.09. The zero-order chi connectivity index (χ0) is 25.3. The summed E-state index contributed by atoms with van der Waals surface area (Å²) in [6, 6.07) is 8.72. The van der Waals surface area contributed by atoms with Gasteiger partial charge in [-0.05, 0) is 58.0 Å². The lowest BCUT2D eigenvalue weighted by Crippen LogP contribution is -2.56. The summed E-state index contributed by atoms with van der Waals surface area (Å²) in [6.07, 6.45) is 2.11. The van der Waals surface area contributed by atoms with Crippen molar-refractivity contribution in [2.75, 3.05) is 11.9 Å². The highest BCUT2D eigenvalue weighted by molar-refractivity contribution is 8.26. The number of hydrogen-bond donors (Lipinski definition) is 4. The number of halogens is 1. The number of carbonyl (C=O) groups is 1. The number of nitrogens with two attached hydrogens (primary N) is 1. The molecule has 2 aromatic heterocycles. The molecule has 0 spiro atoms. The third kappa shape index (κ3) is 3.50. The Labute approximate surface area is 209 Å². The van der Waals surface area contributed by atoms with Crippen LogP contribution in [0.2, 0.25) is 5.02 Å². The fraction of sp³-hybridized carbons (Fsp3) is 0.375. The molecule has 0 unspecified atom stereocenters. The van der Waals surface area contributed by atoms with Crippen molar-refractivity contribution < 1.29 is 18.6 Å². The number of benzene rings is 1. The third-order valence-corrected chi connectivity index (χ3v) is 10.6. The lowest BCUT2D eigenvalue weighted by atomic mass is 9.86. The van der Waals surface area contributed by atoms with E-state index in [2.05, 4.69) is 10.3 Å². The molecule has 1 aromatic carbocycles. The molecule has 35 heavy (non-hydrogen) atoms. The molecule has 0 saturated heterocycles. The fourth-order valence-electron chi connectivity index (χ4n) is 4.91. The van der Waals surface area contributed by atoms with Crippen molar-refractivity contribution in [3.8, 4) is 5.75 Å². The largest absolute Gasteiger partial charge is 0.493 e. The van der Waals surface area contributed by atoms with Crippen LogP contribution in [0.1, 0.15) is 48.9 Å². The minimum absolute atomic E-state index is 0.178. The second kappa shape index (κ2) is 7.86. The monoisotopic (exact) mass is 517 g/mol. The quantitative estimate of drug-likeness (QED) is 0.385. The van der Waals surface area contributed by atoms with E-state index in [0.29, 0.717) is 46.4 Å². The van der Waals surface area contributed by atoms with Gasteiger partial charge in [-0.15, -0.1) is 0 Å². The first-order valence-corrected chi connectivity index (χ1v) is 13.2. The Balaban J connectivity index is 1.55. The highest BCUT2D eigenvalue weighted by atomic mass is 35.5. The number of nitrogens with one attached hydrogen (secondary N) is 1. The molecule has 0 aliphatic carbocycles. The van der Waals surface area contributed by atoms with Crippen LogP contribution < -0.4 is 15.8 Å². The predicted molar refractivity (Wildman–Crippen MR) is 139 cm³/mol. The predicted octanol–water partition coefficient (Wildman–Crippen LogP) is 4.81. The standard InChI is InChI=1S/C24H28ClN5O4S/c1-13-20(28-19-8-5-14(25)12-30(13)19)21(31)27-15-6-7-17-16(11-15)24(4)18(9-10-34-17)35(32,33)23(2,3)22(26)29-24/h5-8,11-12,18,32-33H,9-10H2,1-4H3,(H2,26,29)(H,27,31)/t18-,24-/m1/s1. The van der Waals surface area contributed by atoms with Gasteiger partial charge in [-0.3, -0.25) is 18.9 Å². The molecule has 9 nitrogen and oxygen atoms in total. The Hall–Kier alpha value is -2.79. The summed E-state index contributed by atoms with van der Waals surface area (Å²) in [7, 11) is -3.19. The van der Waals surface area contributed by atoms with E-state index in [-0.39, 0.29) is 17.4 Å². The van der Waals surface area contributed by atoms with E-state index in [0.717, 1.165) is 0 Å². The molecule has 2 aliphatic heterocycles. The molecule has 5 rings (SSSR count). The Morgan fingerprint density at radius 1 is 1.29 bits per heavy atom. The van der Waals surface area contributed by atoms with Gasteiger partial charge in [-0.2, -0.15) is 10.6 Å². The van der Waals surface area contributed by atoms with E-state index in [1.807, 2.05) is 6.92 Å². The van der Waals surface area contributed by atoms with Gasteiger partial charge < -0.3 is 20.2 Å². The summed E-state index contributed by atoms with van der Waals surface area (Å²) in [5.74, 6) is 0.367. The number of aryl methyl sites for hydroxylation is 1. The van der Waals surface area contributed by atoms with Crippen LogP contribution in [0, 0.1) is 6.92 Å². The number of carbonyl (C=O) groups excluding carboxylic acids is 1. The number of imidazole rings is 1. The van der Waals surface area contributed by atoms with Crippen LogP contribution in [0.4, 0.5) is 5.69 Å². The van der Waals surface area contributed by atoms with E-state index in [1.165, 1.54) is 0 Å². The summed E-state index contributed by atoms with van der Waals surface area (Å²) in [5.41, 5.74) is 7.91. The number of anilines is 1. The summed E-state index contributed by atoms with van der Waals surface area (Å²) in [5, 5.41) is 2.84. The number of pyridine rings is 1. The van der Waals surface area contributed by atoms with E-state index < -0.39 is 26.1 Å². The zero-order valence-electron chi connectivity index (χ0n) is 19.9. The van der Waals surface area contributed by atoms with Crippen LogP contribution >= 0.6 is 22.2 Å². The van der Waals surface area contributed by atoms with Gasteiger partial charge in [0.2, 0.25) is 0 Å². The highest BCUT2D eigenvalue weighted by Gasteiger charge is 2.57. The van der Waals surface area contributed by atoms with Gasteiger partial charge in [-0.25, -0.2) is 4.98 Å². The number of rotatable bonds is 2. The lowest BCUT2D eigenvalue weighted by molar-refractivity contribution is 0.102. The van der Waals surface area contributed by atoms with Crippen LogP contribution in [-0.4, -0.2) is 46.8 Å². The van der Waals surface area contributed by atoms with Crippen molar-refractivity contribution in [1.29, 1.82) is 0 Å². The van der Waals surface area contributed by atoms with Gasteiger partial charge in [0.25, 0.3) is 5.91 Å². The van der Waals surface area contributed by atoms with Crippen molar-refractivity contribution in [2.45, 2.75) is 49.7 Å². The molecule has 5 N–H and O–H groups in total. The molecular weight excluding hydrogens is 490 g/mol. The number of hydrogen-bond acceptors (Lipinski definition) is 7. The Morgan fingerprint density at radius 3 is 2.77 bits per heavy atom. The number of fused-ring (bicyclic) bond motifs is 4. The van der Waals surface area contributed by atoms with Gasteiger partial charge in [-0.1, -0.05) is 11.6 Å². The first-order chi connectivity index (χ1) is 16.4. The third-order valence-electron chi connectivity index (χ3n) is 7.20. The molecule has 0 saturated carbocycles. The normalized spacial score (nSPS) is 25.5. The van der Waals surface area contributed by atoms with E-state index in [1.54, 1.807) is 61.7 Å². The summed E-state index contributed by atoms with van der Waals surface area (Å²) in [4.78, 5) is 22.4. The van der Waals surface area contributed by atoms with Gasteiger partial charge in [0.05, 0.1) is 22.6 Å². The van der Waals surface area contributed by atoms with Crippen molar-refractivity contribution in [2.24, 2.45) is 10.7 Å². The second-order valence-electron chi connectivity index (χ2n) is 9.66.